The zero-order valence-electron chi connectivity index (χ0n) is 13.4. The highest BCUT2D eigenvalue weighted by Gasteiger charge is 2.40. The topological polar surface area (TPSA) is 40.5 Å². The van der Waals surface area contributed by atoms with Gasteiger partial charge in [0.25, 0.3) is 0 Å². The van der Waals surface area contributed by atoms with Gasteiger partial charge in [0.15, 0.2) is 0 Å². The Morgan fingerprint density at radius 3 is 2.60 bits per heavy atom. The highest BCUT2D eigenvalue weighted by molar-refractivity contribution is 7.10. The minimum absolute atomic E-state index is 0.116. The van der Waals surface area contributed by atoms with Crippen molar-refractivity contribution < 1.29 is 23.1 Å². The first-order chi connectivity index (χ1) is 11.9. The van der Waals surface area contributed by atoms with E-state index < -0.39 is 29.8 Å². The van der Waals surface area contributed by atoms with E-state index in [0.29, 0.717) is 13.0 Å². The van der Waals surface area contributed by atoms with Crippen LogP contribution in [0.3, 0.4) is 0 Å². The lowest BCUT2D eigenvalue weighted by Crippen LogP contribution is -2.47. The lowest BCUT2D eigenvalue weighted by Gasteiger charge is -2.39. The number of rotatable bonds is 4. The lowest BCUT2D eigenvalue weighted by molar-refractivity contribution is -0.145. The van der Waals surface area contributed by atoms with Gasteiger partial charge in [0, 0.05) is 4.88 Å². The second-order valence-electron chi connectivity index (χ2n) is 6.09. The molecule has 134 valence electrons. The monoisotopic (exact) mass is 369 g/mol. The maximum absolute atomic E-state index is 13.5. The van der Waals surface area contributed by atoms with E-state index in [-0.39, 0.29) is 5.56 Å². The number of thiophene rings is 1. The van der Waals surface area contributed by atoms with Gasteiger partial charge < -0.3 is 5.11 Å². The number of hydrogen-bond acceptors (Lipinski definition) is 3. The third-order valence-corrected chi connectivity index (χ3v) is 5.46. The molecule has 2 atom stereocenters. The molecule has 2 heterocycles. The summed E-state index contributed by atoms with van der Waals surface area (Å²) in [6.07, 6.45) is -2.49. The van der Waals surface area contributed by atoms with Crippen molar-refractivity contribution in [3.05, 3.63) is 57.8 Å². The van der Waals surface area contributed by atoms with E-state index in [2.05, 4.69) is 0 Å². The molecule has 3 nitrogen and oxygen atoms in total. The van der Waals surface area contributed by atoms with Crippen LogP contribution in [0.5, 0.6) is 0 Å². The SMILES string of the molecule is O=C(O)C1CCCCN1C(c1cccs1)c1ccccc1C(F)(F)F. The Morgan fingerprint density at radius 2 is 1.96 bits per heavy atom. The summed E-state index contributed by atoms with van der Waals surface area (Å²) in [6, 6.07) is 7.53. The van der Waals surface area contributed by atoms with E-state index in [9.17, 15) is 23.1 Å². The van der Waals surface area contributed by atoms with Crippen LogP contribution in [0, 0.1) is 0 Å². The molecule has 1 fully saturated rings. The number of alkyl halides is 3. The number of halogens is 3. The van der Waals surface area contributed by atoms with Crippen molar-refractivity contribution in [2.24, 2.45) is 0 Å². The second-order valence-corrected chi connectivity index (χ2v) is 7.07. The summed E-state index contributed by atoms with van der Waals surface area (Å²) >= 11 is 1.35. The molecule has 1 aromatic carbocycles. The van der Waals surface area contributed by atoms with E-state index >= 15 is 0 Å². The largest absolute Gasteiger partial charge is 0.480 e. The molecule has 1 saturated heterocycles. The molecule has 7 heteroatoms. The van der Waals surface area contributed by atoms with Gasteiger partial charge in [-0.15, -0.1) is 11.3 Å². The van der Waals surface area contributed by atoms with E-state index in [1.807, 2.05) is 0 Å². The molecule has 0 radical (unpaired) electrons. The van der Waals surface area contributed by atoms with Crippen molar-refractivity contribution >= 4 is 17.3 Å². The number of likely N-dealkylation sites (tertiary alicyclic amines) is 1. The standard InChI is InChI=1S/C18H18F3NO2S/c19-18(20,21)13-7-2-1-6-12(13)16(15-9-5-11-25-15)22-10-4-3-8-14(22)17(23)24/h1-2,5-7,9,11,14,16H,3-4,8,10H2,(H,23,24). The Bertz CT molecular complexity index is 730. The van der Waals surface area contributed by atoms with Crippen LogP contribution < -0.4 is 0 Å². The van der Waals surface area contributed by atoms with Gasteiger partial charge in [-0.1, -0.05) is 30.7 Å². The molecule has 0 bridgehead atoms. The molecule has 1 aliphatic rings. The van der Waals surface area contributed by atoms with Crippen LogP contribution in [0.4, 0.5) is 13.2 Å². The Morgan fingerprint density at radius 1 is 1.20 bits per heavy atom. The quantitative estimate of drug-likeness (QED) is 0.842. The average Bonchev–Trinajstić information content (AvgIpc) is 3.09. The predicted octanol–water partition coefficient (Wildman–Crippen LogP) is 4.80. The molecular weight excluding hydrogens is 351 g/mol. The average molecular weight is 369 g/mol. The van der Waals surface area contributed by atoms with E-state index in [0.717, 1.165) is 23.8 Å². The smallest absolute Gasteiger partial charge is 0.416 e. The summed E-state index contributed by atoms with van der Waals surface area (Å²) in [5.41, 5.74) is -0.589. The van der Waals surface area contributed by atoms with Crippen molar-refractivity contribution in [3.8, 4) is 0 Å². The zero-order valence-corrected chi connectivity index (χ0v) is 14.2. The summed E-state index contributed by atoms with van der Waals surface area (Å²) < 4.78 is 40.6. The van der Waals surface area contributed by atoms with Crippen molar-refractivity contribution in [1.29, 1.82) is 0 Å². The summed E-state index contributed by atoms with van der Waals surface area (Å²) in [5.74, 6) is -0.981. The number of hydrogen-bond donors (Lipinski definition) is 1. The number of carbonyl (C=O) groups is 1. The Kier molecular flexibility index (Phi) is 5.15. The van der Waals surface area contributed by atoms with Crippen molar-refractivity contribution in [1.82, 2.24) is 4.90 Å². The summed E-state index contributed by atoms with van der Waals surface area (Å²) in [7, 11) is 0. The van der Waals surface area contributed by atoms with Gasteiger partial charge >= 0.3 is 12.1 Å². The van der Waals surface area contributed by atoms with E-state index in [1.165, 1.54) is 23.5 Å². The first kappa shape index (κ1) is 17.9. The fourth-order valence-electron chi connectivity index (χ4n) is 3.46. The van der Waals surface area contributed by atoms with Gasteiger partial charge in [-0.2, -0.15) is 13.2 Å². The Labute approximate surface area is 147 Å². The van der Waals surface area contributed by atoms with Crippen LogP contribution in [0.15, 0.2) is 41.8 Å². The second kappa shape index (κ2) is 7.17. The fraction of sp³-hybridized carbons (Fsp3) is 0.389. The third-order valence-electron chi connectivity index (χ3n) is 4.53. The highest BCUT2D eigenvalue weighted by atomic mass is 32.1. The lowest BCUT2D eigenvalue weighted by atomic mass is 9.92. The Hall–Kier alpha value is -1.86. The molecule has 0 amide bonds. The van der Waals surface area contributed by atoms with E-state index in [1.54, 1.807) is 28.5 Å². The minimum atomic E-state index is -4.49. The van der Waals surface area contributed by atoms with Crippen LogP contribution in [0.25, 0.3) is 0 Å². The molecule has 2 unspecified atom stereocenters. The first-order valence-electron chi connectivity index (χ1n) is 8.07. The number of aliphatic carboxylic acids is 1. The van der Waals surface area contributed by atoms with Gasteiger partial charge in [0.05, 0.1) is 11.6 Å². The molecule has 1 aliphatic heterocycles. The zero-order chi connectivity index (χ0) is 18.0. The van der Waals surface area contributed by atoms with Crippen LogP contribution in [0.2, 0.25) is 0 Å². The molecular formula is C18H18F3NO2S. The van der Waals surface area contributed by atoms with E-state index in [4.69, 9.17) is 0 Å². The van der Waals surface area contributed by atoms with Crippen molar-refractivity contribution in [2.45, 2.75) is 37.5 Å². The summed E-state index contributed by atoms with van der Waals surface area (Å²) in [6.45, 7) is 0.464. The summed E-state index contributed by atoms with van der Waals surface area (Å²) in [4.78, 5) is 14.1. The number of carboxylic acids is 1. The number of nitrogens with zero attached hydrogens (tertiary/aromatic N) is 1. The van der Waals surface area contributed by atoms with Crippen molar-refractivity contribution in [2.75, 3.05) is 6.54 Å². The van der Waals surface area contributed by atoms with Crippen molar-refractivity contribution in [3.63, 3.8) is 0 Å². The molecule has 0 saturated carbocycles. The van der Waals surface area contributed by atoms with Gasteiger partial charge in [-0.05, 0) is 42.5 Å². The maximum atomic E-state index is 13.5. The summed E-state index contributed by atoms with van der Waals surface area (Å²) in [5, 5.41) is 11.4. The molecule has 2 aromatic rings. The van der Waals surface area contributed by atoms with Crippen LogP contribution in [0.1, 0.15) is 41.3 Å². The first-order valence-corrected chi connectivity index (χ1v) is 8.95. The molecule has 1 aromatic heterocycles. The van der Waals surface area contributed by atoms with Crippen LogP contribution in [-0.2, 0) is 11.0 Å². The molecule has 1 N–H and O–H groups in total. The normalized spacial score (nSPS) is 20.4. The maximum Gasteiger partial charge on any atom is 0.416 e. The highest BCUT2D eigenvalue weighted by Crippen LogP contribution is 2.42. The van der Waals surface area contributed by atoms with Crippen LogP contribution >= 0.6 is 11.3 Å². The molecule has 0 aliphatic carbocycles. The minimum Gasteiger partial charge on any atom is -0.480 e. The molecule has 3 rings (SSSR count). The van der Waals surface area contributed by atoms with Gasteiger partial charge in [0.2, 0.25) is 0 Å². The third kappa shape index (κ3) is 3.72. The van der Waals surface area contributed by atoms with Gasteiger partial charge in [-0.3, -0.25) is 9.69 Å². The predicted molar refractivity (Wildman–Crippen MR) is 89.6 cm³/mol. The Balaban J connectivity index is 2.13. The number of benzene rings is 1. The fourth-order valence-corrected chi connectivity index (χ4v) is 4.33. The van der Waals surface area contributed by atoms with Gasteiger partial charge in [0.1, 0.15) is 6.04 Å². The molecule has 0 spiro atoms. The van der Waals surface area contributed by atoms with Crippen LogP contribution in [-0.4, -0.2) is 28.6 Å². The van der Waals surface area contributed by atoms with Gasteiger partial charge in [-0.25, -0.2) is 0 Å². The number of piperidine rings is 1. The molecule has 25 heavy (non-hydrogen) atoms. The number of carboxylic acid groups (broad SMARTS) is 1.